The first-order valence-electron chi connectivity index (χ1n) is 4.61. The van der Waals surface area contributed by atoms with Crippen LogP contribution in [0.15, 0.2) is 28.6 Å². The molecule has 0 aliphatic heterocycles. The van der Waals surface area contributed by atoms with E-state index in [1.807, 2.05) is 13.8 Å². The van der Waals surface area contributed by atoms with E-state index < -0.39 is 9.84 Å². The van der Waals surface area contributed by atoms with E-state index in [4.69, 9.17) is 0 Å². The molecular formula is C10H13NO2S2. The lowest BCUT2D eigenvalue weighted by Gasteiger charge is -1.96. The highest BCUT2D eigenvalue weighted by Crippen LogP contribution is 2.21. The number of fused-ring (bicyclic) bond motifs is 1. The van der Waals surface area contributed by atoms with Crippen LogP contribution in [-0.4, -0.2) is 19.7 Å². The Hall–Kier alpha value is -0.940. The fourth-order valence-corrected chi connectivity index (χ4v) is 2.50. The van der Waals surface area contributed by atoms with Gasteiger partial charge < -0.3 is 0 Å². The van der Waals surface area contributed by atoms with Crippen molar-refractivity contribution in [1.29, 1.82) is 0 Å². The smallest absolute Gasteiger partial charge is 0.175 e. The van der Waals surface area contributed by atoms with Crippen LogP contribution in [0, 0.1) is 0 Å². The third-order valence-corrected chi connectivity index (χ3v) is 3.63. The van der Waals surface area contributed by atoms with Crippen molar-refractivity contribution in [1.82, 2.24) is 4.98 Å². The molecule has 1 aromatic heterocycles. The monoisotopic (exact) mass is 243 g/mol. The fraction of sp³-hybridized carbons (Fsp3) is 0.300. The minimum Gasteiger partial charge on any atom is -0.245 e. The normalized spacial score (nSPS) is 10.9. The zero-order valence-corrected chi connectivity index (χ0v) is 10.5. The molecular weight excluding hydrogens is 230 g/mol. The van der Waals surface area contributed by atoms with Crippen LogP contribution in [0.4, 0.5) is 0 Å². The Kier molecular flexibility index (Phi) is 3.82. The number of benzene rings is 1. The van der Waals surface area contributed by atoms with E-state index in [1.54, 1.807) is 23.7 Å². The average molecular weight is 243 g/mol. The minimum absolute atomic E-state index is 0.351. The molecule has 0 N–H and O–H groups in total. The number of rotatable bonds is 1. The number of aromatic nitrogens is 1. The maximum atomic E-state index is 11.2. The van der Waals surface area contributed by atoms with E-state index in [-0.39, 0.29) is 0 Å². The van der Waals surface area contributed by atoms with Crippen molar-refractivity contribution in [3.05, 3.63) is 23.7 Å². The van der Waals surface area contributed by atoms with Crippen LogP contribution < -0.4 is 0 Å². The van der Waals surface area contributed by atoms with Crippen LogP contribution in [0.25, 0.3) is 10.2 Å². The molecule has 0 saturated carbocycles. The molecule has 0 radical (unpaired) electrons. The third kappa shape index (κ3) is 2.76. The Labute approximate surface area is 93.7 Å². The summed E-state index contributed by atoms with van der Waals surface area (Å²) in [5.41, 5.74) is 2.55. The van der Waals surface area contributed by atoms with E-state index in [1.165, 1.54) is 17.6 Å². The van der Waals surface area contributed by atoms with Gasteiger partial charge in [0.1, 0.15) is 0 Å². The van der Waals surface area contributed by atoms with Crippen molar-refractivity contribution in [2.24, 2.45) is 0 Å². The van der Waals surface area contributed by atoms with Crippen LogP contribution in [0.3, 0.4) is 0 Å². The van der Waals surface area contributed by atoms with Crippen LogP contribution in [0.1, 0.15) is 13.8 Å². The van der Waals surface area contributed by atoms with Gasteiger partial charge in [-0.1, -0.05) is 13.8 Å². The van der Waals surface area contributed by atoms with Crippen molar-refractivity contribution in [2.75, 3.05) is 6.26 Å². The van der Waals surface area contributed by atoms with Gasteiger partial charge in [0.15, 0.2) is 9.84 Å². The van der Waals surface area contributed by atoms with Gasteiger partial charge in [0, 0.05) is 6.26 Å². The molecule has 0 saturated heterocycles. The molecule has 0 fully saturated rings. The quantitative estimate of drug-likeness (QED) is 0.773. The molecule has 0 aliphatic rings. The Morgan fingerprint density at radius 2 is 1.93 bits per heavy atom. The number of hydrogen-bond donors (Lipinski definition) is 0. The minimum atomic E-state index is -3.09. The SMILES string of the molecule is CC.CS(=O)(=O)c1ccc2ncsc2c1. The predicted octanol–water partition coefficient (Wildman–Crippen LogP) is 2.73. The fourth-order valence-electron chi connectivity index (χ4n) is 1.07. The first kappa shape index (κ1) is 12.1. The topological polar surface area (TPSA) is 47.0 Å². The standard InChI is InChI=1S/C8H7NO2S2.C2H6/c1-13(10,11)6-2-3-7-8(4-6)12-5-9-7;1-2/h2-5H,1H3;1-2H3. The molecule has 0 bridgehead atoms. The summed E-state index contributed by atoms with van der Waals surface area (Å²) in [7, 11) is -3.09. The average Bonchev–Trinajstić information content (AvgIpc) is 2.66. The Balaban J connectivity index is 0.000000531. The first-order chi connectivity index (χ1) is 7.07. The molecule has 0 unspecified atom stereocenters. The number of nitrogens with zero attached hydrogens (tertiary/aromatic N) is 1. The van der Waals surface area contributed by atoms with E-state index in [2.05, 4.69) is 4.98 Å². The van der Waals surface area contributed by atoms with Gasteiger partial charge in [-0.25, -0.2) is 13.4 Å². The van der Waals surface area contributed by atoms with E-state index in [0.717, 1.165) is 10.2 Å². The molecule has 2 rings (SSSR count). The summed E-state index contributed by atoms with van der Waals surface area (Å²) in [6.07, 6.45) is 1.20. The Bertz CT molecular complexity index is 543. The van der Waals surface area contributed by atoms with Crippen molar-refractivity contribution >= 4 is 31.4 Å². The molecule has 2 aromatic rings. The molecule has 0 aliphatic carbocycles. The largest absolute Gasteiger partial charge is 0.245 e. The van der Waals surface area contributed by atoms with Crippen LogP contribution in [0.2, 0.25) is 0 Å². The van der Waals surface area contributed by atoms with Crippen LogP contribution in [0.5, 0.6) is 0 Å². The molecule has 1 aromatic carbocycles. The second-order valence-corrected chi connectivity index (χ2v) is 5.66. The van der Waals surface area contributed by atoms with Crippen molar-refractivity contribution in [2.45, 2.75) is 18.7 Å². The lowest BCUT2D eigenvalue weighted by atomic mass is 10.3. The van der Waals surface area contributed by atoms with E-state index >= 15 is 0 Å². The summed E-state index contributed by atoms with van der Waals surface area (Å²) in [4.78, 5) is 4.42. The molecule has 5 heteroatoms. The lowest BCUT2D eigenvalue weighted by Crippen LogP contribution is -1.95. The molecule has 0 spiro atoms. The Morgan fingerprint density at radius 3 is 2.53 bits per heavy atom. The molecule has 0 atom stereocenters. The predicted molar refractivity (Wildman–Crippen MR) is 64.1 cm³/mol. The zero-order valence-electron chi connectivity index (χ0n) is 8.89. The molecule has 1 heterocycles. The van der Waals surface area contributed by atoms with Gasteiger partial charge in [-0.05, 0) is 18.2 Å². The van der Waals surface area contributed by atoms with E-state index in [0.29, 0.717) is 4.90 Å². The molecule has 82 valence electrons. The van der Waals surface area contributed by atoms with Crippen molar-refractivity contribution < 1.29 is 8.42 Å². The highest BCUT2D eigenvalue weighted by atomic mass is 32.2. The summed E-state index contributed by atoms with van der Waals surface area (Å²) in [5, 5.41) is 0. The maximum Gasteiger partial charge on any atom is 0.175 e. The number of hydrogen-bond acceptors (Lipinski definition) is 4. The molecule has 15 heavy (non-hydrogen) atoms. The third-order valence-electron chi connectivity index (χ3n) is 1.73. The lowest BCUT2D eigenvalue weighted by molar-refractivity contribution is 0.602. The first-order valence-corrected chi connectivity index (χ1v) is 7.38. The highest BCUT2D eigenvalue weighted by Gasteiger charge is 2.07. The maximum absolute atomic E-state index is 11.2. The van der Waals surface area contributed by atoms with Crippen molar-refractivity contribution in [3.63, 3.8) is 0 Å². The van der Waals surface area contributed by atoms with Gasteiger partial charge >= 0.3 is 0 Å². The Morgan fingerprint density at radius 1 is 1.27 bits per heavy atom. The summed E-state index contributed by atoms with van der Waals surface area (Å²) < 4.78 is 23.3. The molecule has 3 nitrogen and oxygen atoms in total. The van der Waals surface area contributed by atoms with Gasteiger partial charge in [0.25, 0.3) is 0 Å². The number of thiazole rings is 1. The van der Waals surface area contributed by atoms with Crippen molar-refractivity contribution in [3.8, 4) is 0 Å². The van der Waals surface area contributed by atoms with Crippen LogP contribution in [-0.2, 0) is 9.84 Å². The van der Waals surface area contributed by atoms with Gasteiger partial charge in [-0.2, -0.15) is 0 Å². The van der Waals surface area contributed by atoms with Gasteiger partial charge in [-0.3, -0.25) is 0 Å². The van der Waals surface area contributed by atoms with Gasteiger partial charge in [0.2, 0.25) is 0 Å². The van der Waals surface area contributed by atoms with Crippen LogP contribution >= 0.6 is 11.3 Å². The van der Waals surface area contributed by atoms with Gasteiger partial charge in [-0.15, -0.1) is 11.3 Å². The summed E-state index contributed by atoms with van der Waals surface area (Å²) in [6.45, 7) is 4.00. The second kappa shape index (κ2) is 4.72. The summed E-state index contributed by atoms with van der Waals surface area (Å²) in [5.74, 6) is 0. The highest BCUT2D eigenvalue weighted by molar-refractivity contribution is 7.90. The second-order valence-electron chi connectivity index (χ2n) is 2.75. The zero-order chi connectivity index (χ0) is 11.5. The summed E-state index contributed by atoms with van der Waals surface area (Å²) >= 11 is 1.44. The number of sulfone groups is 1. The molecule has 0 amide bonds. The van der Waals surface area contributed by atoms with Gasteiger partial charge in [0.05, 0.1) is 20.6 Å². The van der Waals surface area contributed by atoms with E-state index in [9.17, 15) is 8.42 Å². The summed E-state index contributed by atoms with van der Waals surface area (Å²) in [6, 6.07) is 4.96.